The van der Waals surface area contributed by atoms with Crippen LogP contribution in [0.2, 0.25) is 5.02 Å². The average Bonchev–Trinajstić information content (AvgIpc) is 3.26. The summed E-state index contributed by atoms with van der Waals surface area (Å²) >= 11 is 7.46. The summed E-state index contributed by atoms with van der Waals surface area (Å²) in [5, 5.41) is 22.1. The summed E-state index contributed by atoms with van der Waals surface area (Å²) in [6.45, 7) is 3.66. The van der Waals surface area contributed by atoms with Crippen molar-refractivity contribution in [3.8, 4) is 11.5 Å². The van der Waals surface area contributed by atoms with Gasteiger partial charge in [0.25, 0.3) is 11.6 Å². The van der Waals surface area contributed by atoms with Crippen LogP contribution >= 0.6 is 23.4 Å². The van der Waals surface area contributed by atoms with Crippen molar-refractivity contribution in [2.75, 3.05) is 13.7 Å². The van der Waals surface area contributed by atoms with E-state index in [9.17, 15) is 24.8 Å². The van der Waals surface area contributed by atoms with Crippen molar-refractivity contribution in [1.82, 2.24) is 0 Å². The van der Waals surface area contributed by atoms with E-state index in [1.165, 1.54) is 19.2 Å². The SMILES string of the molecule is CCOC(=O)C1=C(O)/C(=C/c2cc(Cl)c(OCc3ccc([N+](=O)[O-])cc3)c(OC)c2)SC1=NC(=O)c1ccc(C)cc1. The summed E-state index contributed by atoms with van der Waals surface area (Å²) in [6.07, 6.45) is 1.56. The number of halogens is 1. The van der Waals surface area contributed by atoms with Crippen LogP contribution in [0.25, 0.3) is 6.08 Å². The Balaban J connectivity index is 1.63. The average molecular weight is 609 g/mol. The number of carbonyl (C=O) groups is 2. The lowest BCUT2D eigenvalue weighted by molar-refractivity contribution is -0.384. The third-order valence-electron chi connectivity index (χ3n) is 5.95. The van der Waals surface area contributed by atoms with Gasteiger partial charge in [-0.15, -0.1) is 0 Å². The molecule has 0 aromatic heterocycles. The van der Waals surface area contributed by atoms with Crippen LogP contribution in [-0.4, -0.2) is 40.7 Å². The second-order valence-corrected chi connectivity index (χ2v) is 10.3. The van der Waals surface area contributed by atoms with Gasteiger partial charge in [0.15, 0.2) is 11.5 Å². The normalized spacial score (nSPS) is 14.8. The Kier molecular flexibility index (Phi) is 9.66. The Hall–Kier alpha value is -4.61. The molecule has 0 atom stereocenters. The van der Waals surface area contributed by atoms with E-state index >= 15 is 0 Å². The first-order valence-electron chi connectivity index (χ1n) is 12.5. The molecule has 0 saturated heterocycles. The lowest BCUT2D eigenvalue weighted by Gasteiger charge is -2.13. The Morgan fingerprint density at radius 2 is 1.81 bits per heavy atom. The van der Waals surface area contributed by atoms with Crippen LogP contribution in [0, 0.1) is 17.0 Å². The van der Waals surface area contributed by atoms with Crippen molar-refractivity contribution in [1.29, 1.82) is 0 Å². The van der Waals surface area contributed by atoms with Gasteiger partial charge in [0.1, 0.15) is 23.0 Å². The Morgan fingerprint density at radius 3 is 2.43 bits per heavy atom. The zero-order chi connectivity index (χ0) is 30.4. The number of aliphatic hydroxyl groups is 1. The second-order valence-electron chi connectivity index (χ2n) is 8.89. The number of amides is 1. The van der Waals surface area contributed by atoms with E-state index in [-0.39, 0.29) is 56.7 Å². The van der Waals surface area contributed by atoms with E-state index in [0.29, 0.717) is 16.7 Å². The summed E-state index contributed by atoms with van der Waals surface area (Å²) in [4.78, 5) is 40.3. The third-order valence-corrected chi connectivity index (χ3v) is 7.25. The maximum Gasteiger partial charge on any atom is 0.344 e. The van der Waals surface area contributed by atoms with Gasteiger partial charge in [-0.25, -0.2) is 9.79 Å². The van der Waals surface area contributed by atoms with Gasteiger partial charge in [0, 0.05) is 17.7 Å². The number of ether oxygens (including phenoxy) is 3. The van der Waals surface area contributed by atoms with Crippen molar-refractivity contribution in [3.63, 3.8) is 0 Å². The molecule has 42 heavy (non-hydrogen) atoms. The predicted molar refractivity (Wildman–Crippen MR) is 160 cm³/mol. The number of benzene rings is 3. The summed E-state index contributed by atoms with van der Waals surface area (Å²) in [6, 6.07) is 15.9. The van der Waals surface area contributed by atoms with E-state index in [4.69, 9.17) is 25.8 Å². The first-order valence-corrected chi connectivity index (χ1v) is 13.7. The maximum absolute atomic E-state index is 12.8. The second kappa shape index (κ2) is 13.4. The number of esters is 1. The van der Waals surface area contributed by atoms with Gasteiger partial charge in [-0.1, -0.05) is 41.1 Å². The zero-order valence-corrected chi connectivity index (χ0v) is 24.3. The molecule has 12 heteroatoms. The van der Waals surface area contributed by atoms with E-state index in [0.717, 1.165) is 17.3 Å². The van der Waals surface area contributed by atoms with Crippen LogP contribution in [0.15, 0.2) is 81.9 Å². The van der Waals surface area contributed by atoms with Gasteiger partial charge in [-0.05, 0) is 67.4 Å². The first-order chi connectivity index (χ1) is 20.1. The summed E-state index contributed by atoms with van der Waals surface area (Å²) in [7, 11) is 1.43. The quantitative estimate of drug-likeness (QED) is 0.157. The molecule has 0 bridgehead atoms. The number of hydrogen-bond acceptors (Lipinski definition) is 9. The molecule has 4 rings (SSSR count). The summed E-state index contributed by atoms with van der Waals surface area (Å²) in [5.74, 6) is -1.24. The number of non-ortho nitro benzene ring substituents is 1. The van der Waals surface area contributed by atoms with Crippen molar-refractivity contribution < 1.29 is 33.8 Å². The van der Waals surface area contributed by atoms with Crippen molar-refractivity contribution in [3.05, 3.63) is 114 Å². The van der Waals surface area contributed by atoms with E-state index in [1.54, 1.807) is 61.5 Å². The lowest BCUT2D eigenvalue weighted by Crippen LogP contribution is -2.14. The molecule has 0 unspecified atom stereocenters. The van der Waals surface area contributed by atoms with Crippen LogP contribution in [0.3, 0.4) is 0 Å². The van der Waals surface area contributed by atoms with Gasteiger partial charge >= 0.3 is 5.97 Å². The largest absolute Gasteiger partial charge is 0.506 e. The highest BCUT2D eigenvalue weighted by Crippen LogP contribution is 2.42. The summed E-state index contributed by atoms with van der Waals surface area (Å²) < 4.78 is 16.4. The molecule has 1 heterocycles. The molecule has 0 aliphatic carbocycles. The molecule has 0 fully saturated rings. The maximum atomic E-state index is 12.8. The van der Waals surface area contributed by atoms with Gasteiger partial charge in [0.2, 0.25) is 0 Å². The van der Waals surface area contributed by atoms with Crippen LogP contribution in [0.5, 0.6) is 11.5 Å². The fourth-order valence-electron chi connectivity index (χ4n) is 3.83. The van der Waals surface area contributed by atoms with E-state index < -0.39 is 16.8 Å². The van der Waals surface area contributed by atoms with Crippen LogP contribution in [-0.2, 0) is 16.1 Å². The molecular formula is C30H25ClN2O8S. The Bertz CT molecular complexity index is 1630. The number of nitrogens with zero attached hydrogens (tertiary/aromatic N) is 2. The molecule has 216 valence electrons. The molecule has 3 aromatic rings. The number of thioether (sulfide) groups is 1. The van der Waals surface area contributed by atoms with Gasteiger partial charge in [-0.2, -0.15) is 0 Å². The third kappa shape index (κ3) is 6.99. The highest BCUT2D eigenvalue weighted by Gasteiger charge is 2.34. The minimum absolute atomic E-state index is 0.00360. The number of hydrogen-bond donors (Lipinski definition) is 1. The van der Waals surface area contributed by atoms with E-state index in [1.807, 2.05) is 6.92 Å². The molecule has 1 N–H and O–H groups in total. The highest BCUT2D eigenvalue weighted by molar-refractivity contribution is 8.18. The number of aliphatic imine (C=N–C) groups is 1. The Morgan fingerprint density at radius 1 is 1.12 bits per heavy atom. The van der Waals surface area contributed by atoms with Gasteiger partial charge < -0.3 is 19.3 Å². The van der Waals surface area contributed by atoms with Crippen molar-refractivity contribution in [2.24, 2.45) is 4.99 Å². The van der Waals surface area contributed by atoms with Gasteiger partial charge in [-0.3, -0.25) is 14.9 Å². The number of nitro groups is 1. The highest BCUT2D eigenvalue weighted by atomic mass is 35.5. The number of carbonyl (C=O) groups excluding carboxylic acids is 2. The molecule has 1 aliphatic heterocycles. The van der Waals surface area contributed by atoms with E-state index in [2.05, 4.69) is 4.99 Å². The van der Waals surface area contributed by atoms with Crippen LogP contribution < -0.4 is 9.47 Å². The summed E-state index contributed by atoms with van der Waals surface area (Å²) in [5.41, 5.74) is 2.24. The van der Waals surface area contributed by atoms with Crippen molar-refractivity contribution in [2.45, 2.75) is 20.5 Å². The van der Waals surface area contributed by atoms with Crippen LogP contribution in [0.4, 0.5) is 5.69 Å². The smallest absolute Gasteiger partial charge is 0.344 e. The number of aliphatic hydroxyl groups excluding tert-OH is 1. The topological polar surface area (TPSA) is 138 Å². The Labute approximate surface area is 250 Å². The molecule has 0 radical (unpaired) electrons. The molecular weight excluding hydrogens is 584 g/mol. The number of rotatable bonds is 9. The molecule has 3 aromatic carbocycles. The molecule has 1 aliphatic rings. The van der Waals surface area contributed by atoms with Crippen molar-refractivity contribution >= 4 is 52.0 Å². The molecule has 10 nitrogen and oxygen atoms in total. The molecule has 1 amide bonds. The lowest BCUT2D eigenvalue weighted by atomic mass is 10.1. The standard InChI is InChI=1S/C30H25ClN2O8S/c1-4-40-30(36)25-26(34)24(42-29(25)32-28(35)20-9-5-17(2)6-10-20)15-19-13-22(31)27(23(14-19)39-3)41-16-18-7-11-21(12-8-18)33(37)38/h5-15,34H,4,16H2,1-3H3/b24-15-,32-29?. The number of aryl methyl sites for hydroxylation is 1. The predicted octanol–water partition coefficient (Wildman–Crippen LogP) is 6.85. The van der Waals surface area contributed by atoms with Gasteiger partial charge in [0.05, 0.1) is 28.6 Å². The fourth-order valence-corrected chi connectivity index (χ4v) is 5.12. The number of methoxy groups -OCH3 is 1. The molecule has 0 spiro atoms. The number of nitro benzene ring substituents is 1. The van der Waals surface area contributed by atoms with Crippen LogP contribution in [0.1, 0.15) is 34.0 Å². The first kappa shape index (κ1) is 30.4. The monoisotopic (exact) mass is 608 g/mol. The fraction of sp³-hybridized carbons (Fsp3) is 0.167. The zero-order valence-electron chi connectivity index (χ0n) is 22.8. The minimum Gasteiger partial charge on any atom is -0.506 e. The molecule has 0 saturated carbocycles. The minimum atomic E-state index is -0.813.